The standard InChI is InChI=1S/C48H30O2/c1-27-11-15-29(16-12-27)43-45-39-23-35-19-31-7-3-5-9-33(31)21-37(35)25-41(39)50-48(45)44(30-17-13-28(2)14-18-30)46-40-24-36-20-32-8-4-6-10-34(32)22-38(36)26-42(40)49-47(43)46/h3-26H,1-2H3. The fourth-order valence-corrected chi connectivity index (χ4v) is 8.14. The average molecular weight is 639 g/mol. The molecule has 0 spiro atoms. The Morgan fingerprint density at radius 1 is 0.340 bits per heavy atom. The maximum Gasteiger partial charge on any atom is 0.144 e. The van der Waals surface area contributed by atoms with E-state index in [4.69, 9.17) is 8.83 Å². The van der Waals surface area contributed by atoms with Crippen molar-refractivity contribution in [3.8, 4) is 22.3 Å². The van der Waals surface area contributed by atoms with Gasteiger partial charge in [0.2, 0.25) is 0 Å². The van der Waals surface area contributed by atoms with Gasteiger partial charge in [-0.1, -0.05) is 108 Å². The number of benzene rings is 9. The topological polar surface area (TPSA) is 26.3 Å². The smallest absolute Gasteiger partial charge is 0.144 e. The molecular weight excluding hydrogens is 609 g/mol. The molecular formula is C48H30O2. The van der Waals surface area contributed by atoms with Gasteiger partial charge in [0, 0.05) is 32.7 Å². The van der Waals surface area contributed by atoms with Crippen molar-refractivity contribution in [1.29, 1.82) is 0 Å². The van der Waals surface area contributed by atoms with E-state index >= 15 is 0 Å². The van der Waals surface area contributed by atoms with Crippen LogP contribution in [0.15, 0.2) is 154 Å². The fourth-order valence-electron chi connectivity index (χ4n) is 8.14. The van der Waals surface area contributed by atoms with Gasteiger partial charge in [-0.25, -0.2) is 0 Å². The van der Waals surface area contributed by atoms with Crippen molar-refractivity contribution in [3.63, 3.8) is 0 Å². The minimum atomic E-state index is 0.874. The van der Waals surface area contributed by atoms with Crippen LogP contribution in [0.3, 0.4) is 0 Å². The normalized spacial score (nSPS) is 12.2. The molecule has 0 radical (unpaired) electrons. The first-order chi connectivity index (χ1) is 24.6. The van der Waals surface area contributed by atoms with Crippen LogP contribution in [0.25, 0.3) is 109 Å². The monoisotopic (exact) mass is 638 g/mol. The van der Waals surface area contributed by atoms with Gasteiger partial charge < -0.3 is 8.83 Å². The highest BCUT2D eigenvalue weighted by Crippen LogP contribution is 2.51. The molecule has 0 aliphatic heterocycles. The molecule has 2 heterocycles. The van der Waals surface area contributed by atoms with E-state index in [0.29, 0.717) is 0 Å². The van der Waals surface area contributed by atoms with E-state index in [2.05, 4.69) is 159 Å². The Labute approximate surface area is 287 Å². The molecule has 2 aromatic heterocycles. The van der Waals surface area contributed by atoms with Crippen LogP contribution >= 0.6 is 0 Å². The van der Waals surface area contributed by atoms with Gasteiger partial charge in [0.1, 0.15) is 22.3 Å². The molecule has 0 aliphatic carbocycles. The summed E-state index contributed by atoms with van der Waals surface area (Å²) in [5.74, 6) is 0. The third kappa shape index (κ3) is 3.96. The van der Waals surface area contributed by atoms with Gasteiger partial charge in [0.15, 0.2) is 0 Å². The summed E-state index contributed by atoms with van der Waals surface area (Å²) in [6.07, 6.45) is 0. The molecule has 9 aromatic carbocycles. The lowest BCUT2D eigenvalue weighted by Crippen LogP contribution is -1.88. The summed E-state index contributed by atoms with van der Waals surface area (Å²) >= 11 is 0. The van der Waals surface area contributed by atoms with E-state index in [1.807, 2.05) is 0 Å². The molecule has 0 aliphatic rings. The molecule has 0 unspecified atom stereocenters. The SMILES string of the molecule is Cc1ccc(-c2c3oc4cc5cc6ccccc6cc5cc4c3c(-c3ccc(C)cc3)c3oc4cc5cc6ccccc6cc5cc4c23)cc1. The molecule has 0 bridgehead atoms. The van der Waals surface area contributed by atoms with Crippen LogP contribution in [0.4, 0.5) is 0 Å². The summed E-state index contributed by atoms with van der Waals surface area (Å²) in [5, 5.41) is 13.9. The van der Waals surface area contributed by atoms with Crippen LogP contribution in [0.1, 0.15) is 11.1 Å². The quantitative estimate of drug-likeness (QED) is 0.176. The second kappa shape index (κ2) is 10.1. The molecule has 11 aromatic rings. The number of furan rings is 2. The average Bonchev–Trinajstić information content (AvgIpc) is 3.68. The maximum absolute atomic E-state index is 7.10. The van der Waals surface area contributed by atoms with Crippen molar-refractivity contribution >= 4 is 87.0 Å². The second-order valence-corrected chi connectivity index (χ2v) is 13.9. The Bertz CT molecular complexity index is 2970. The third-order valence-corrected chi connectivity index (χ3v) is 10.7. The largest absolute Gasteiger partial charge is 0.455 e. The number of aryl methyl sites for hydroxylation is 2. The Kier molecular flexibility index (Phi) is 5.55. The highest BCUT2D eigenvalue weighted by atomic mass is 16.3. The zero-order chi connectivity index (χ0) is 33.1. The first kappa shape index (κ1) is 27.6. The van der Waals surface area contributed by atoms with E-state index in [9.17, 15) is 0 Å². The molecule has 234 valence electrons. The number of fused-ring (bicyclic) bond motifs is 10. The van der Waals surface area contributed by atoms with E-state index in [1.165, 1.54) is 43.4 Å². The molecule has 50 heavy (non-hydrogen) atoms. The highest BCUT2D eigenvalue weighted by Gasteiger charge is 2.27. The van der Waals surface area contributed by atoms with Gasteiger partial charge in [-0.15, -0.1) is 0 Å². The summed E-state index contributed by atoms with van der Waals surface area (Å²) in [6, 6.07) is 53.0. The molecule has 2 nitrogen and oxygen atoms in total. The van der Waals surface area contributed by atoms with Crippen molar-refractivity contribution in [1.82, 2.24) is 0 Å². The van der Waals surface area contributed by atoms with Gasteiger partial charge in [0.25, 0.3) is 0 Å². The van der Waals surface area contributed by atoms with Gasteiger partial charge in [-0.05, 0) is 117 Å². The van der Waals surface area contributed by atoms with Crippen molar-refractivity contribution in [2.75, 3.05) is 0 Å². The zero-order valence-corrected chi connectivity index (χ0v) is 27.7. The minimum absolute atomic E-state index is 0.874. The zero-order valence-electron chi connectivity index (χ0n) is 27.7. The van der Waals surface area contributed by atoms with Crippen LogP contribution in [-0.2, 0) is 0 Å². The van der Waals surface area contributed by atoms with E-state index in [0.717, 1.165) is 76.9 Å². The Hall–Kier alpha value is -6.38. The van der Waals surface area contributed by atoms with Crippen molar-refractivity contribution in [3.05, 3.63) is 157 Å². The van der Waals surface area contributed by atoms with Crippen molar-refractivity contribution in [2.45, 2.75) is 13.8 Å². The number of rotatable bonds is 2. The second-order valence-electron chi connectivity index (χ2n) is 13.9. The summed E-state index contributed by atoms with van der Waals surface area (Å²) in [4.78, 5) is 0. The van der Waals surface area contributed by atoms with Crippen molar-refractivity contribution in [2.24, 2.45) is 0 Å². The first-order valence-electron chi connectivity index (χ1n) is 17.2. The molecule has 0 atom stereocenters. The molecule has 11 rings (SSSR count). The molecule has 2 heteroatoms. The summed E-state index contributed by atoms with van der Waals surface area (Å²) in [7, 11) is 0. The van der Waals surface area contributed by atoms with Crippen molar-refractivity contribution < 1.29 is 8.83 Å². The molecule has 0 saturated carbocycles. The van der Waals surface area contributed by atoms with Crippen LogP contribution in [-0.4, -0.2) is 0 Å². The minimum Gasteiger partial charge on any atom is -0.455 e. The highest BCUT2D eigenvalue weighted by molar-refractivity contribution is 6.31. The van der Waals surface area contributed by atoms with Crippen LogP contribution in [0.2, 0.25) is 0 Å². The lowest BCUT2D eigenvalue weighted by Gasteiger charge is -2.12. The van der Waals surface area contributed by atoms with E-state index in [-0.39, 0.29) is 0 Å². The molecule has 0 saturated heterocycles. The van der Waals surface area contributed by atoms with Crippen LogP contribution < -0.4 is 0 Å². The molecule has 0 fully saturated rings. The van der Waals surface area contributed by atoms with Gasteiger partial charge in [-0.3, -0.25) is 0 Å². The predicted octanol–water partition coefficient (Wildman–Crippen LogP) is 14.0. The summed E-state index contributed by atoms with van der Waals surface area (Å²) in [6.45, 7) is 4.27. The number of hydrogen-bond donors (Lipinski definition) is 0. The summed E-state index contributed by atoms with van der Waals surface area (Å²) in [5.41, 5.74) is 10.3. The van der Waals surface area contributed by atoms with E-state index in [1.54, 1.807) is 0 Å². The predicted molar refractivity (Wildman–Crippen MR) is 211 cm³/mol. The van der Waals surface area contributed by atoms with Crippen LogP contribution in [0, 0.1) is 13.8 Å². The Morgan fingerprint density at radius 3 is 1.04 bits per heavy atom. The lowest BCUT2D eigenvalue weighted by atomic mass is 9.89. The Morgan fingerprint density at radius 2 is 0.680 bits per heavy atom. The van der Waals surface area contributed by atoms with Gasteiger partial charge in [0.05, 0.1) is 0 Å². The fraction of sp³-hybridized carbons (Fsp3) is 0.0417. The first-order valence-corrected chi connectivity index (χ1v) is 17.2. The maximum atomic E-state index is 7.10. The van der Waals surface area contributed by atoms with Gasteiger partial charge in [-0.2, -0.15) is 0 Å². The van der Waals surface area contributed by atoms with Crippen LogP contribution in [0.5, 0.6) is 0 Å². The third-order valence-electron chi connectivity index (χ3n) is 10.7. The van der Waals surface area contributed by atoms with E-state index < -0.39 is 0 Å². The lowest BCUT2D eigenvalue weighted by molar-refractivity contribution is 0.666. The summed E-state index contributed by atoms with van der Waals surface area (Å²) < 4.78 is 14.2. The van der Waals surface area contributed by atoms with Gasteiger partial charge >= 0.3 is 0 Å². The molecule has 0 amide bonds. The molecule has 0 N–H and O–H groups in total. The Balaban J connectivity index is 1.36. The number of hydrogen-bond acceptors (Lipinski definition) is 2.